The standard InChI is InChI=1S/C12H13ClF3NO2S/c13-7-11(5-6-11)8-17-9-1-3-10(4-2-9)20(18,19)12(14,15)16/h1-4,17H,5-8H2. The molecule has 1 N–H and O–H groups in total. The van der Waals surface area contributed by atoms with Crippen LogP contribution in [0.3, 0.4) is 0 Å². The van der Waals surface area contributed by atoms with Crippen LogP contribution in [0, 0.1) is 5.41 Å². The lowest BCUT2D eigenvalue weighted by atomic mass is 10.1. The van der Waals surface area contributed by atoms with Crippen molar-refractivity contribution in [2.24, 2.45) is 5.41 Å². The molecule has 1 saturated carbocycles. The van der Waals surface area contributed by atoms with Crippen molar-refractivity contribution < 1.29 is 21.6 Å². The summed E-state index contributed by atoms with van der Waals surface area (Å²) >= 11 is 5.81. The summed E-state index contributed by atoms with van der Waals surface area (Å²) in [6, 6.07) is 4.54. The molecule has 0 heterocycles. The first-order valence-corrected chi connectivity index (χ1v) is 7.93. The van der Waals surface area contributed by atoms with Crippen molar-refractivity contribution >= 4 is 27.1 Å². The highest BCUT2D eigenvalue weighted by atomic mass is 35.5. The summed E-state index contributed by atoms with van der Waals surface area (Å²) in [7, 11) is -5.28. The van der Waals surface area contributed by atoms with E-state index >= 15 is 0 Å². The van der Waals surface area contributed by atoms with E-state index in [-0.39, 0.29) is 5.41 Å². The second-order valence-electron chi connectivity index (χ2n) is 4.96. The Morgan fingerprint density at radius 2 is 1.75 bits per heavy atom. The summed E-state index contributed by atoms with van der Waals surface area (Å²) in [4.78, 5) is -0.756. The van der Waals surface area contributed by atoms with Crippen LogP contribution in [-0.4, -0.2) is 26.4 Å². The molecule has 0 amide bonds. The third-order valence-corrected chi connectivity index (χ3v) is 5.45. The number of nitrogens with one attached hydrogen (secondary N) is 1. The minimum atomic E-state index is -5.28. The first-order chi connectivity index (χ1) is 9.20. The molecule has 0 spiro atoms. The number of sulfone groups is 1. The maximum absolute atomic E-state index is 12.4. The zero-order valence-electron chi connectivity index (χ0n) is 10.4. The highest BCUT2D eigenvalue weighted by molar-refractivity contribution is 7.92. The van der Waals surface area contributed by atoms with Gasteiger partial charge in [0, 0.05) is 23.5 Å². The van der Waals surface area contributed by atoms with Crippen molar-refractivity contribution in [1.82, 2.24) is 0 Å². The molecule has 2 rings (SSSR count). The van der Waals surface area contributed by atoms with E-state index in [2.05, 4.69) is 5.32 Å². The maximum atomic E-state index is 12.4. The minimum Gasteiger partial charge on any atom is -0.384 e. The van der Waals surface area contributed by atoms with Crippen LogP contribution in [0.25, 0.3) is 0 Å². The van der Waals surface area contributed by atoms with Crippen LogP contribution in [0.4, 0.5) is 18.9 Å². The van der Waals surface area contributed by atoms with E-state index in [0.29, 0.717) is 18.1 Å². The molecule has 1 aromatic rings. The number of hydrogen-bond donors (Lipinski definition) is 1. The Morgan fingerprint density at radius 3 is 2.15 bits per heavy atom. The number of hydrogen-bond acceptors (Lipinski definition) is 3. The normalized spacial score (nSPS) is 17.8. The van der Waals surface area contributed by atoms with E-state index in [1.807, 2.05) is 0 Å². The lowest BCUT2D eigenvalue weighted by molar-refractivity contribution is -0.0436. The molecule has 1 aromatic carbocycles. The van der Waals surface area contributed by atoms with Gasteiger partial charge in [0.05, 0.1) is 4.90 Å². The Morgan fingerprint density at radius 1 is 1.20 bits per heavy atom. The number of halogens is 4. The molecule has 1 aliphatic carbocycles. The first kappa shape index (κ1) is 15.4. The van der Waals surface area contributed by atoms with Gasteiger partial charge in [-0.2, -0.15) is 13.2 Å². The molecule has 0 atom stereocenters. The zero-order chi connectivity index (χ0) is 15.0. The predicted octanol–water partition coefficient (Wildman–Crippen LogP) is 3.41. The molecular formula is C12H13ClF3NO2S. The Bertz CT molecular complexity index is 580. The molecule has 0 aliphatic heterocycles. The molecule has 112 valence electrons. The highest BCUT2D eigenvalue weighted by Gasteiger charge is 2.46. The summed E-state index contributed by atoms with van der Waals surface area (Å²) in [5.74, 6) is 0.528. The highest BCUT2D eigenvalue weighted by Crippen LogP contribution is 2.46. The van der Waals surface area contributed by atoms with Crippen LogP contribution in [0.15, 0.2) is 29.2 Å². The monoisotopic (exact) mass is 327 g/mol. The average molecular weight is 328 g/mol. The van der Waals surface area contributed by atoms with Crippen molar-refractivity contribution in [3.05, 3.63) is 24.3 Å². The summed E-state index contributed by atoms with van der Waals surface area (Å²) < 4.78 is 59.4. The van der Waals surface area contributed by atoms with Crippen molar-refractivity contribution in [2.75, 3.05) is 17.7 Å². The quantitative estimate of drug-likeness (QED) is 0.843. The van der Waals surface area contributed by atoms with Crippen LogP contribution >= 0.6 is 11.6 Å². The van der Waals surface area contributed by atoms with E-state index in [9.17, 15) is 21.6 Å². The predicted molar refractivity (Wildman–Crippen MR) is 70.6 cm³/mol. The number of benzene rings is 1. The van der Waals surface area contributed by atoms with Crippen molar-refractivity contribution in [3.8, 4) is 0 Å². The second-order valence-corrected chi connectivity index (χ2v) is 7.17. The lowest BCUT2D eigenvalue weighted by Gasteiger charge is -2.14. The van der Waals surface area contributed by atoms with Gasteiger partial charge in [0.15, 0.2) is 0 Å². The summed E-state index contributed by atoms with van der Waals surface area (Å²) in [5.41, 5.74) is -4.64. The summed E-state index contributed by atoms with van der Waals surface area (Å²) in [5, 5.41) is 3.06. The van der Waals surface area contributed by atoms with Gasteiger partial charge in [-0.1, -0.05) is 0 Å². The van der Waals surface area contributed by atoms with Gasteiger partial charge in [-0.3, -0.25) is 0 Å². The van der Waals surface area contributed by atoms with Gasteiger partial charge >= 0.3 is 5.51 Å². The molecule has 3 nitrogen and oxygen atoms in total. The van der Waals surface area contributed by atoms with Crippen LogP contribution in [-0.2, 0) is 9.84 Å². The third-order valence-electron chi connectivity index (χ3n) is 3.38. The molecule has 0 radical (unpaired) electrons. The smallest absolute Gasteiger partial charge is 0.384 e. The van der Waals surface area contributed by atoms with Gasteiger partial charge < -0.3 is 5.32 Å². The fourth-order valence-corrected chi connectivity index (χ4v) is 2.83. The molecule has 1 fully saturated rings. The first-order valence-electron chi connectivity index (χ1n) is 5.91. The molecule has 0 saturated heterocycles. The topological polar surface area (TPSA) is 46.2 Å². The Labute approximate surface area is 120 Å². The Balaban J connectivity index is 2.07. The van der Waals surface area contributed by atoms with Crippen LogP contribution in [0.5, 0.6) is 0 Å². The fourth-order valence-electron chi connectivity index (χ4n) is 1.71. The lowest BCUT2D eigenvalue weighted by Crippen LogP contribution is -2.23. The van der Waals surface area contributed by atoms with Gasteiger partial charge in [-0.05, 0) is 37.1 Å². The SMILES string of the molecule is O=S(=O)(c1ccc(NCC2(CCl)CC2)cc1)C(F)(F)F. The summed E-state index contributed by atoms with van der Waals surface area (Å²) in [6.07, 6.45) is 2.04. The maximum Gasteiger partial charge on any atom is 0.501 e. The molecule has 1 aliphatic rings. The molecule has 0 unspecified atom stereocenters. The van der Waals surface area contributed by atoms with E-state index in [1.54, 1.807) is 0 Å². The van der Waals surface area contributed by atoms with Gasteiger partial charge in [0.25, 0.3) is 9.84 Å². The number of alkyl halides is 4. The van der Waals surface area contributed by atoms with Crippen LogP contribution in [0.1, 0.15) is 12.8 Å². The van der Waals surface area contributed by atoms with Gasteiger partial charge in [-0.25, -0.2) is 8.42 Å². The largest absolute Gasteiger partial charge is 0.501 e. The van der Waals surface area contributed by atoms with Gasteiger partial charge in [-0.15, -0.1) is 11.6 Å². The second kappa shape index (κ2) is 5.11. The van der Waals surface area contributed by atoms with E-state index < -0.39 is 20.2 Å². The van der Waals surface area contributed by atoms with E-state index in [1.165, 1.54) is 12.1 Å². The molecule has 20 heavy (non-hydrogen) atoms. The molecule has 0 aromatic heterocycles. The Kier molecular flexibility index (Phi) is 3.94. The Hall–Kier alpha value is -0.950. The van der Waals surface area contributed by atoms with E-state index in [0.717, 1.165) is 25.0 Å². The van der Waals surface area contributed by atoms with Crippen molar-refractivity contribution in [1.29, 1.82) is 0 Å². The van der Waals surface area contributed by atoms with Gasteiger partial charge in [0.1, 0.15) is 0 Å². The summed E-state index contributed by atoms with van der Waals surface area (Å²) in [6.45, 7) is 0.627. The zero-order valence-corrected chi connectivity index (χ0v) is 11.9. The van der Waals surface area contributed by atoms with Crippen molar-refractivity contribution in [2.45, 2.75) is 23.2 Å². The molecular weight excluding hydrogens is 315 g/mol. The average Bonchev–Trinajstić information content (AvgIpc) is 3.16. The third kappa shape index (κ3) is 3.03. The molecule has 0 bridgehead atoms. The van der Waals surface area contributed by atoms with Crippen LogP contribution in [0.2, 0.25) is 0 Å². The number of anilines is 1. The van der Waals surface area contributed by atoms with Crippen LogP contribution < -0.4 is 5.32 Å². The van der Waals surface area contributed by atoms with E-state index in [4.69, 9.17) is 11.6 Å². The fraction of sp³-hybridized carbons (Fsp3) is 0.500. The van der Waals surface area contributed by atoms with Gasteiger partial charge in [0.2, 0.25) is 0 Å². The number of rotatable bonds is 5. The van der Waals surface area contributed by atoms with Crippen molar-refractivity contribution in [3.63, 3.8) is 0 Å². The molecule has 8 heteroatoms. The minimum absolute atomic E-state index is 0.0677.